The minimum Gasteiger partial charge on any atom is -0.497 e. The van der Waals surface area contributed by atoms with Gasteiger partial charge in [0.1, 0.15) is 5.75 Å². The van der Waals surface area contributed by atoms with Gasteiger partial charge in [0, 0.05) is 6.54 Å². The molecule has 1 unspecified atom stereocenters. The van der Waals surface area contributed by atoms with Crippen molar-refractivity contribution in [2.75, 3.05) is 13.7 Å². The third kappa shape index (κ3) is 3.38. The predicted octanol–water partition coefficient (Wildman–Crippen LogP) is 1.80. The maximum absolute atomic E-state index is 8.86. The zero-order valence-electron chi connectivity index (χ0n) is 11.2. The van der Waals surface area contributed by atoms with E-state index in [0.29, 0.717) is 5.84 Å². The number of oxime groups is 1. The van der Waals surface area contributed by atoms with Gasteiger partial charge in [-0.25, -0.2) is 0 Å². The molecule has 1 saturated heterocycles. The molecule has 0 bridgehead atoms. The number of methoxy groups -OCH3 is 1. The minimum absolute atomic E-state index is 0.0425. The van der Waals surface area contributed by atoms with Crippen LogP contribution in [0.25, 0.3) is 0 Å². The highest BCUT2D eigenvalue weighted by Gasteiger charge is 2.25. The van der Waals surface area contributed by atoms with Gasteiger partial charge < -0.3 is 15.7 Å². The zero-order valence-corrected chi connectivity index (χ0v) is 11.2. The van der Waals surface area contributed by atoms with Crippen molar-refractivity contribution in [3.8, 4) is 5.75 Å². The molecule has 0 aromatic heterocycles. The number of benzene rings is 1. The van der Waals surface area contributed by atoms with Crippen molar-refractivity contribution < 1.29 is 9.94 Å². The number of ether oxygens (including phenoxy) is 1. The van der Waals surface area contributed by atoms with E-state index in [1.165, 1.54) is 5.56 Å². The molecule has 1 heterocycles. The lowest BCUT2D eigenvalue weighted by molar-refractivity contribution is 0.178. The Labute approximate surface area is 113 Å². The first kappa shape index (κ1) is 13.7. The zero-order chi connectivity index (χ0) is 13.7. The molecule has 5 nitrogen and oxygen atoms in total. The SMILES string of the molecule is COc1ccc(CN2CCCCC2C(N)=NO)cc1. The van der Waals surface area contributed by atoms with Crippen LogP contribution >= 0.6 is 0 Å². The van der Waals surface area contributed by atoms with E-state index in [2.05, 4.69) is 22.2 Å². The van der Waals surface area contributed by atoms with Crippen molar-refractivity contribution >= 4 is 5.84 Å². The summed E-state index contributed by atoms with van der Waals surface area (Å²) in [5.74, 6) is 1.17. The molecule has 1 aromatic rings. The van der Waals surface area contributed by atoms with Crippen molar-refractivity contribution in [1.82, 2.24) is 4.90 Å². The molecule has 19 heavy (non-hydrogen) atoms. The lowest BCUT2D eigenvalue weighted by Gasteiger charge is -2.34. The summed E-state index contributed by atoms with van der Waals surface area (Å²) in [6.07, 6.45) is 3.23. The van der Waals surface area contributed by atoms with Gasteiger partial charge in [-0.1, -0.05) is 23.7 Å². The van der Waals surface area contributed by atoms with Crippen molar-refractivity contribution in [1.29, 1.82) is 0 Å². The minimum atomic E-state index is 0.0425. The molecule has 1 atom stereocenters. The average molecular weight is 263 g/mol. The second kappa shape index (κ2) is 6.43. The summed E-state index contributed by atoms with van der Waals surface area (Å²) >= 11 is 0. The first-order chi connectivity index (χ1) is 9.24. The number of nitrogens with zero attached hydrogens (tertiary/aromatic N) is 2. The van der Waals surface area contributed by atoms with E-state index in [0.717, 1.165) is 38.1 Å². The van der Waals surface area contributed by atoms with E-state index < -0.39 is 0 Å². The molecule has 5 heteroatoms. The highest BCUT2D eigenvalue weighted by Crippen LogP contribution is 2.21. The fraction of sp³-hybridized carbons (Fsp3) is 0.500. The summed E-state index contributed by atoms with van der Waals surface area (Å²) in [6, 6.07) is 8.06. The molecule has 0 spiro atoms. The smallest absolute Gasteiger partial charge is 0.156 e. The number of hydrogen-bond acceptors (Lipinski definition) is 4. The van der Waals surface area contributed by atoms with Crippen molar-refractivity contribution in [3.63, 3.8) is 0 Å². The standard InChI is InChI=1S/C14H21N3O2/c1-19-12-7-5-11(6-8-12)10-17-9-3-2-4-13(17)14(15)16-18/h5-8,13,18H,2-4,9-10H2,1H3,(H2,15,16). The van der Waals surface area contributed by atoms with E-state index in [4.69, 9.17) is 15.7 Å². The van der Waals surface area contributed by atoms with Crippen LogP contribution < -0.4 is 10.5 Å². The molecule has 3 N–H and O–H groups in total. The Hall–Kier alpha value is -1.75. The first-order valence-electron chi connectivity index (χ1n) is 6.59. The summed E-state index contributed by atoms with van der Waals surface area (Å²) in [6.45, 7) is 1.79. The van der Waals surface area contributed by atoms with Gasteiger partial charge in [0.05, 0.1) is 13.2 Å². The second-order valence-corrected chi connectivity index (χ2v) is 4.85. The first-order valence-corrected chi connectivity index (χ1v) is 6.59. The number of likely N-dealkylation sites (tertiary alicyclic amines) is 1. The normalized spacial score (nSPS) is 21.3. The number of nitrogens with two attached hydrogens (primary N) is 1. The van der Waals surface area contributed by atoms with Gasteiger partial charge in [-0.15, -0.1) is 0 Å². The number of amidine groups is 1. The van der Waals surface area contributed by atoms with E-state index in [1.54, 1.807) is 7.11 Å². The highest BCUT2D eigenvalue weighted by molar-refractivity contribution is 5.85. The summed E-state index contributed by atoms with van der Waals surface area (Å²) in [7, 11) is 1.66. The fourth-order valence-electron chi connectivity index (χ4n) is 2.55. The molecular weight excluding hydrogens is 242 g/mol. The molecule has 0 aliphatic carbocycles. The van der Waals surface area contributed by atoms with Gasteiger partial charge in [-0.2, -0.15) is 0 Å². The van der Waals surface area contributed by atoms with Gasteiger partial charge in [-0.3, -0.25) is 4.90 Å². The molecule has 1 aliphatic heterocycles. The largest absolute Gasteiger partial charge is 0.497 e. The van der Waals surface area contributed by atoms with Crippen LogP contribution in [0.5, 0.6) is 5.75 Å². The van der Waals surface area contributed by atoms with Gasteiger partial charge in [0.25, 0.3) is 0 Å². The number of rotatable bonds is 4. The Balaban J connectivity index is 2.06. The van der Waals surface area contributed by atoms with Crippen LogP contribution in [-0.2, 0) is 6.54 Å². The van der Waals surface area contributed by atoms with E-state index in [9.17, 15) is 0 Å². The number of hydrogen-bond donors (Lipinski definition) is 2. The molecule has 0 radical (unpaired) electrons. The van der Waals surface area contributed by atoms with Crippen LogP contribution in [-0.4, -0.2) is 35.6 Å². The average Bonchev–Trinajstić information content (AvgIpc) is 2.48. The van der Waals surface area contributed by atoms with E-state index in [-0.39, 0.29) is 6.04 Å². The van der Waals surface area contributed by atoms with E-state index in [1.807, 2.05) is 12.1 Å². The van der Waals surface area contributed by atoms with E-state index >= 15 is 0 Å². The molecule has 1 aliphatic rings. The Bertz CT molecular complexity index is 431. The van der Waals surface area contributed by atoms with Crippen LogP contribution in [0.3, 0.4) is 0 Å². The Kier molecular flexibility index (Phi) is 4.63. The predicted molar refractivity (Wildman–Crippen MR) is 74.5 cm³/mol. The molecule has 1 aromatic carbocycles. The Morgan fingerprint density at radius 3 is 2.79 bits per heavy atom. The topological polar surface area (TPSA) is 71.1 Å². The highest BCUT2D eigenvalue weighted by atomic mass is 16.5. The van der Waals surface area contributed by atoms with Crippen molar-refractivity contribution in [3.05, 3.63) is 29.8 Å². The summed E-state index contributed by atoms with van der Waals surface area (Å²) < 4.78 is 5.15. The lowest BCUT2D eigenvalue weighted by Crippen LogP contribution is -2.47. The van der Waals surface area contributed by atoms with Crippen LogP contribution in [0.15, 0.2) is 29.4 Å². The maximum atomic E-state index is 8.86. The van der Waals surface area contributed by atoms with Gasteiger partial charge >= 0.3 is 0 Å². The summed E-state index contributed by atoms with van der Waals surface area (Å²) in [4.78, 5) is 2.26. The quantitative estimate of drug-likeness (QED) is 0.376. The van der Waals surface area contributed by atoms with Gasteiger partial charge in [0.15, 0.2) is 5.84 Å². The van der Waals surface area contributed by atoms with Crippen LogP contribution in [0.1, 0.15) is 24.8 Å². The second-order valence-electron chi connectivity index (χ2n) is 4.85. The Morgan fingerprint density at radius 2 is 2.16 bits per heavy atom. The third-order valence-electron chi connectivity index (χ3n) is 3.62. The molecule has 0 saturated carbocycles. The molecule has 104 valence electrons. The molecular formula is C14H21N3O2. The fourth-order valence-corrected chi connectivity index (χ4v) is 2.55. The summed E-state index contributed by atoms with van der Waals surface area (Å²) in [5.41, 5.74) is 6.98. The van der Waals surface area contributed by atoms with Crippen LogP contribution in [0.2, 0.25) is 0 Å². The Morgan fingerprint density at radius 1 is 1.42 bits per heavy atom. The molecule has 0 amide bonds. The third-order valence-corrected chi connectivity index (χ3v) is 3.62. The molecule has 1 fully saturated rings. The van der Waals surface area contributed by atoms with Crippen LogP contribution in [0.4, 0.5) is 0 Å². The maximum Gasteiger partial charge on any atom is 0.156 e. The van der Waals surface area contributed by atoms with Gasteiger partial charge in [0.2, 0.25) is 0 Å². The number of piperidine rings is 1. The summed E-state index contributed by atoms with van der Waals surface area (Å²) in [5, 5.41) is 12.0. The monoisotopic (exact) mass is 263 g/mol. The van der Waals surface area contributed by atoms with Crippen molar-refractivity contribution in [2.45, 2.75) is 31.8 Å². The molecule has 2 rings (SSSR count). The lowest BCUT2D eigenvalue weighted by atomic mass is 10.0. The van der Waals surface area contributed by atoms with Crippen LogP contribution in [0, 0.1) is 0 Å². The van der Waals surface area contributed by atoms with Crippen molar-refractivity contribution in [2.24, 2.45) is 10.9 Å². The van der Waals surface area contributed by atoms with Gasteiger partial charge in [-0.05, 0) is 37.1 Å².